The molecular formula is C17H18ClNO3. The second kappa shape index (κ2) is 7.71. The van der Waals surface area contributed by atoms with Crippen molar-refractivity contribution in [1.82, 2.24) is 5.32 Å². The number of halogens is 1. The summed E-state index contributed by atoms with van der Waals surface area (Å²) >= 11 is 0. The van der Waals surface area contributed by atoms with Crippen molar-refractivity contribution in [2.24, 2.45) is 0 Å². The lowest BCUT2D eigenvalue weighted by Gasteiger charge is -2.24. The van der Waals surface area contributed by atoms with Crippen LogP contribution in [-0.4, -0.2) is 12.7 Å². The van der Waals surface area contributed by atoms with E-state index in [4.69, 9.17) is 9.47 Å². The SMILES string of the molecule is Cl.O=C1N[C@H](c2cccc(OCc3ccccc3)c2)CCO1. The summed E-state index contributed by atoms with van der Waals surface area (Å²) in [5, 5.41) is 2.82. The predicted molar refractivity (Wildman–Crippen MR) is 86.3 cm³/mol. The van der Waals surface area contributed by atoms with Crippen LogP contribution in [0.4, 0.5) is 4.79 Å². The summed E-state index contributed by atoms with van der Waals surface area (Å²) in [6.07, 6.45) is 0.412. The zero-order chi connectivity index (χ0) is 14.5. The first-order chi connectivity index (χ1) is 10.3. The van der Waals surface area contributed by atoms with Crippen LogP contribution in [0.15, 0.2) is 54.6 Å². The molecule has 1 heterocycles. The van der Waals surface area contributed by atoms with Gasteiger partial charge in [-0.3, -0.25) is 0 Å². The molecule has 2 aromatic rings. The maximum atomic E-state index is 11.3. The fourth-order valence-corrected chi connectivity index (χ4v) is 2.34. The summed E-state index contributed by atoms with van der Waals surface area (Å²) < 4.78 is 10.7. The molecule has 4 nitrogen and oxygen atoms in total. The van der Waals surface area contributed by atoms with Crippen LogP contribution in [0.25, 0.3) is 0 Å². The molecule has 1 N–H and O–H groups in total. The first-order valence-corrected chi connectivity index (χ1v) is 7.01. The molecule has 0 radical (unpaired) electrons. The highest BCUT2D eigenvalue weighted by Gasteiger charge is 2.20. The van der Waals surface area contributed by atoms with Crippen LogP contribution < -0.4 is 10.1 Å². The molecule has 1 atom stereocenters. The molecule has 0 unspecified atom stereocenters. The van der Waals surface area contributed by atoms with Gasteiger partial charge in [-0.2, -0.15) is 0 Å². The highest BCUT2D eigenvalue weighted by molar-refractivity contribution is 5.85. The van der Waals surface area contributed by atoms with Gasteiger partial charge in [-0.1, -0.05) is 42.5 Å². The summed E-state index contributed by atoms with van der Waals surface area (Å²) in [6.45, 7) is 0.982. The minimum absolute atomic E-state index is 0. The fraction of sp³-hybridized carbons (Fsp3) is 0.235. The molecular weight excluding hydrogens is 302 g/mol. The van der Waals surface area contributed by atoms with E-state index in [1.165, 1.54) is 0 Å². The van der Waals surface area contributed by atoms with Crippen LogP contribution in [0, 0.1) is 0 Å². The van der Waals surface area contributed by atoms with Gasteiger partial charge in [-0.15, -0.1) is 12.4 Å². The van der Waals surface area contributed by atoms with E-state index in [2.05, 4.69) is 5.32 Å². The Kier molecular flexibility index (Phi) is 5.67. The summed E-state index contributed by atoms with van der Waals surface area (Å²) in [5.74, 6) is 0.803. The number of hydrogen-bond acceptors (Lipinski definition) is 3. The van der Waals surface area contributed by atoms with Crippen LogP contribution >= 0.6 is 12.4 Å². The normalized spacial score (nSPS) is 16.9. The molecule has 1 aliphatic rings. The van der Waals surface area contributed by atoms with Crippen LogP contribution in [0.5, 0.6) is 5.75 Å². The molecule has 1 fully saturated rings. The Hall–Kier alpha value is -2.20. The quantitative estimate of drug-likeness (QED) is 0.931. The standard InChI is InChI=1S/C17H17NO3.ClH/c19-17-18-16(9-10-20-17)14-7-4-8-15(11-14)21-12-13-5-2-1-3-6-13;/h1-8,11,16H,9-10,12H2,(H,18,19);1H/t16-;/m0./s1. The van der Waals surface area contributed by atoms with E-state index in [-0.39, 0.29) is 24.5 Å². The zero-order valence-electron chi connectivity index (χ0n) is 12.0. The van der Waals surface area contributed by atoms with Crippen molar-refractivity contribution < 1.29 is 14.3 Å². The van der Waals surface area contributed by atoms with E-state index < -0.39 is 0 Å². The second-order valence-corrected chi connectivity index (χ2v) is 4.97. The van der Waals surface area contributed by atoms with Crippen molar-refractivity contribution in [2.75, 3.05) is 6.61 Å². The van der Waals surface area contributed by atoms with E-state index in [1.54, 1.807) is 0 Å². The minimum atomic E-state index is -0.359. The third-order valence-electron chi connectivity index (χ3n) is 3.44. The Morgan fingerprint density at radius 2 is 1.95 bits per heavy atom. The lowest BCUT2D eigenvalue weighted by atomic mass is 10.0. The molecule has 116 valence electrons. The van der Waals surface area contributed by atoms with Crippen LogP contribution in [0.2, 0.25) is 0 Å². The Morgan fingerprint density at radius 3 is 2.73 bits per heavy atom. The van der Waals surface area contributed by atoms with Crippen LogP contribution in [0.3, 0.4) is 0 Å². The Bertz CT molecular complexity index is 618. The summed E-state index contributed by atoms with van der Waals surface area (Å²) in [6, 6.07) is 17.9. The topological polar surface area (TPSA) is 47.6 Å². The van der Waals surface area contributed by atoms with E-state index >= 15 is 0 Å². The molecule has 0 bridgehead atoms. The van der Waals surface area contributed by atoms with Crippen molar-refractivity contribution in [3.05, 3.63) is 65.7 Å². The van der Waals surface area contributed by atoms with Crippen molar-refractivity contribution in [1.29, 1.82) is 0 Å². The van der Waals surface area contributed by atoms with Crippen molar-refractivity contribution in [2.45, 2.75) is 19.1 Å². The van der Waals surface area contributed by atoms with Gasteiger partial charge in [-0.05, 0) is 23.3 Å². The largest absolute Gasteiger partial charge is 0.489 e. The molecule has 0 aliphatic carbocycles. The van der Waals surface area contributed by atoms with Crippen molar-refractivity contribution in [3.8, 4) is 5.75 Å². The van der Waals surface area contributed by atoms with Gasteiger partial charge in [0.25, 0.3) is 0 Å². The Morgan fingerprint density at radius 1 is 1.14 bits per heavy atom. The summed E-state index contributed by atoms with van der Waals surface area (Å²) in [4.78, 5) is 11.3. The molecule has 1 amide bonds. The Balaban J connectivity index is 0.00000176. The fourth-order valence-electron chi connectivity index (χ4n) is 2.34. The molecule has 0 aromatic heterocycles. The van der Waals surface area contributed by atoms with Crippen LogP contribution in [-0.2, 0) is 11.3 Å². The number of nitrogens with one attached hydrogen (secondary N) is 1. The van der Waals surface area contributed by atoms with E-state index in [0.717, 1.165) is 23.3 Å². The smallest absolute Gasteiger partial charge is 0.407 e. The highest BCUT2D eigenvalue weighted by Crippen LogP contribution is 2.24. The average Bonchev–Trinajstić information content (AvgIpc) is 2.54. The molecule has 22 heavy (non-hydrogen) atoms. The number of rotatable bonds is 4. The lowest BCUT2D eigenvalue weighted by Crippen LogP contribution is -2.35. The number of benzene rings is 2. The number of cyclic esters (lactones) is 1. The molecule has 1 saturated heterocycles. The molecule has 1 aliphatic heterocycles. The maximum Gasteiger partial charge on any atom is 0.407 e. The highest BCUT2D eigenvalue weighted by atomic mass is 35.5. The number of carbonyl (C=O) groups is 1. The first-order valence-electron chi connectivity index (χ1n) is 7.01. The van der Waals surface area contributed by atoms with Crippen molar-refractivity contribution in [3.63, 3.8) is 0 Å². The average molecular weight is 320 g/mol. The van der Waals surface area contributed by atoms with Gasteiger partial charge in [0, 0.05) is 6.42 Å². The van der Waals surface area contributed by atoms with E-state index in [9.17, 15) is 4.79 Å². The number of ether oxygens (including phenoxy) is 2. The van der Waals surface area contributed by atoms with Crippen molar-refractivity contribution >= 4 is 18.5 Å². The van der Waals surface area contributed by atoms with Crippen LogP contribution in [0.1, 0.15) is 23.6 Å². The summed E-state index contributed by atoms with van der Waals surface area (Å²) in [5.41, 5.74) is 2.17. The van der Waals surface area contributed by atoms with Gasteiger partial charge in [0.2, 0.25) is 0 Å². The van der Waals surface area contributed by atoms with Gasteiger partial charge in [0.15, 0.2) is 0 Å². The molecule has 2 aromatic carbocycles. The third-order valence-corrected chi connectivity index (χ3v) is 3.44. The van der Waals surface area contributed by atoms with Gasteiger partial charge in [0.05, 0.1) is 12.6 Å². The monoisotopic (exact) mass is 319 g/mol. The molecule has 3 rings (SSSR count). The van der Waals surface area contributed by atoms with E-state index in [1.807, 2.05) is 54.6 Å². The van der Waals surface area contributed by atoms with Gasteiger partial charge >= 0.3 is 6.09 Å². The predicted octanol–water partition coefficient (Wildman–Crippen LogP) is 3.86. The van der Waals surface area contributed by atoms with Gasteiger partial charge in [-0.25, -0.2) is 4.79 Å². The number of hydrogen-bond donors (Lipinski definition) is 1. The Labute approximate surface area is 135 Å². The minimum Gasteiger partial charge on any atom is -0.489 e. The number of amides is 1. The molecule has 0 spiro atoms. The first kappa shape index (κ1) is 16.2. The van der Waals surface area contributed by atoms with Gasteiger partial charge < -0.3 is 14.8 Å². The molecule has 0 saturated carbocycles. The number of carbonyl (C=O) groups excluding carboxylic acids is 1. The third kappa shape index (κ3) is 4.15. The number of alkyl carbamates (subject to hydrolysis) is 1. The second-order valence-electron chi connectivity index (χ2n) is 4.97. The molecule has 5 heteroatoms. The van der Waals surface area contributed by atoms with Gasteiger partial charge in [0.1, 0.15) is 12.4 Å². The zero-order valence-corrected chi connectivity index (χ0v) is 12.8. The van der Waals surface area contributed by atoms with E-state index in [0.29, 0.717) is 13.2 Å². The maximum absolute atomic E-state index is 11.3. The lowest BCUT2D eigenvalue weighted by molar-refractivity contribution is 0.115. The summed E-state index contributed by atoms with van der Waals surface area (Å²) in [7, 11) is 0.